The molecule has 0 fully saturated rings. The number of anilines is 2. The standard InChI is InChI=1S/C14H15FN4O2/c1-9(19-7-3-6-16-19)14(21)18-13-8-11(17-10(2)20)4-5-12(13)15/h3-9H,1-2H3,(H,17,20)(H,18,21). The number of halogens is 1. The van der Waals surface area contributed by atoms with E-state index >= 15 is 0 Å². The molecule has 1 aromatic heterocycles. The molecule has 6 nitrogen and oxygen atoms in total. The SMILES string of the molecule is CC(=O)Nc1ccc(F)c(NC(=O)C(C)n2cccn2)c1. The van der Waals surface area contributed by atoms with Gasteiger partial charge in [0, 0.05) is 25.0 Å². The van der Waals surface area contributed by atoms with Crippen LogP contribution in [-0.4, -0.2) is 21.6 Å². The summed E-state index contributed by atoms with van der Waals surface area (Å²) in [5.41, 5.74) is 0.413. The lowest BCUT2D eigenvalue weighted by atomic mass is 10.2. The number of hydrogen-bond acceptors (Lipinski definition) is 3. The molecule has 2 N–H and O–H groups in total. The van der Waals surface area contributed by atoms with Crippen LogP contribution in [0.1, 0.15) is 19.9 Å². The Hall–Kier alpha value is -2.70. The number of carbonyl (C=O) groups is 2. The van der Waals surface area contributed by atoms with E-state index < -0.39 is 17.8 Å². The lowest BCUT2D eigenvalue weighted by Crippen LogP contribution is -2.24. The van der Waals surface area contributed by atoms with Crippen molar-refractivity contribution >= 4 is 23.2 Å². The second kappa shape index (κ2) is 6.17. The highest BCUT2D eigenvalue weighted by atomic mass is 19.1. The third-order valence-electron chi connectivity index (χ3n) is 2.85. The van der Waals surface area contributed by atoms with Gasteiger partial charge in [-0.3, -0.25) is 14.3 Å². The van der Waals surface area contributed by atoms with Gasteiger partial charge in [-0.1, -0.05) is 0 Å². The first kappa shape index (κ1) is 14.7. The molecule has 7 heteroatoms. The maximum atomic E-state index is 13.7. The fourth-order valence-electron chi connectivity index (χ4n) is 1.77. The minimum Gasteiger partial charge on any atom is -0.326 e. The topological polar surface area (TPSA) is 76.0 Å². The number of hydrogen-bond donors (Lipinski definition) is 2. The van der Waals surface area contributed by atoms with E-state index in [0.717, 1.165) is 0 Å². The number of nitrogens with one attached hydrogen (secondary N) is 2. The smallest absolute Gasteiger partial charge is 0.249 e. The summed E-state index contributed by atoms with van der Waals surface area (Å²) in [7, 11) is 0. The van der Waals surface area contributed by atoms with Gasteiger partial charge in [0.25, 0.3) is 0 Å². The second-order valence-corrected chi connectivity index (χ2v) is 4.53. The van der Waals surface area contributed by atoms with Crippen molar-refractivity contribution in [2.45, 2.75) is 19.9 Å². The fraction of sp³-hybridized carbons (Fsp3) is 0.214. The normalized spacial score (nSPS) is 11.8. The summed E-state index contributed by atoms with van der Waals surface area (Å²) in [5, 5.41) is 8.98. The Kier molecular flexibility index (Phi) is 4.32. The van der Waals surface area contributed by atoms with Crippen LogP contribution < -0.4 is 10.6 Å². The van der Waals surface area contributed by atoms with Crippen LogP contribution >= 0.6 is 0 Å². The van der Waals surface area contributed by atoms with E-state index in [9.17, 15) is 14.0 Å². The third-order valence-corrected chi connectivity index (χ3v) is 2.85. The molecule has 1 unspecified atom stereocenters. The molecule has 0 saturated heterocycles. The van der Waals surface area contributed by atoms with Gasteiger partial charge >= 0.3 is 0 Å². The molecule has 0 aliphatic heterocycles. The van der Waals surface area contributed by atoms with Crippen molar-refractivity contribution in [2.75, 3.05) is 10.6 Å². The van der Waals surface area contributed by atoms with Crippen LogP contribution in [0, 0.1) is 5.82 Å². The summed E-state index contributed by atoms with van der Waals surface area (Å²) in [5.74, 6) is -1.26. The molecule has 0 aliphatic carbocycles. The zero-order valence-electron chi connectivity index (χ0n) is 11.6. The summed E-state index contributed by atoms with van der Waals surface area (Å²) in [6.45, 7) is 3.00. The van der Waals surface area contributed by atoms with Crippen molar-refractivity contribution in [3.8, 4) is 0 Å². The average molecular weight is 290 g/mol. The minimum atomic E-state index is -0.580. The molecular formula is C14H15FN4O2. The molecular weight excluding hydrogens is 275 g/mol. The van der Waals surface area contributed by atoms with Crippen LogP contribution in [-0.2, 0) is 9.59 Å². The first-order valence-electron chi connectivity index (χ1n) is 6.34. The number of amides is 2. The Bertz CT molecular complexity index is 655. The maximum absolute atomic E-state index is 13.7. The highest BCUT2D eigenvalue weighted by Gasteiger charge is 2.17. The Morgan fingerprint density at radius 1 is 1.33 bits per heavy atom. The predicted molar refractivity (Wildman–Crippen MR) is 76.3 cm³/mol. The Balaban J connectivity index is 2.14. The molecule has 1 atom stereocenters. The monoisotopic (exact) mass is 290 g/mol. The maximum Gasteiger partial charge on any atom is 0.249 e. The van der Waals surface area contributed by atoms with E-state index in [4.69, 9.17) is 0 Å². The summed E-state index contributed by atoms with van der Waals surface area (Å²) in [6.07, 6.45) is 3.20. The lowest BCUT2D eigenvalue weighted by Gasteiger charge is -2.14. The van der Waals surface area contributed by atoms with Gasteiger partial charge in [0.05, 0.1) is 5.69 Å². The first-order chi connectivity index (χ1) is 9.97. The molecule has 1 heterocycles. The minimum absolute atomic E-state index is 0.00487. The zero-order valence-corrected chi connectivity index (χ0v) is 11.6. The van der Waals surface area contributed by atoms with E-state index in [-0.39, 0.29) is 11.6 Å². The van der Waals surface area contributed by atoms with E-state index in [1.807, 2.05) is 0 Å². The van der Waals surface area contributed by atoms with E-state index in [0.29, 0.717) is 5.69 Å². The van der Waals surface area contributed by atoms with Gasteiger partial charge in [0.15, 0.2) is 0 Å². The van der Waals surface area contributed by atoms with Crippen molar-refractivity contribution in [3.63, 3.8) is 0 Å². The number of aromatic nitrogens is 2. The van der Waals surface area contributed by atoms with Crippen molar-refractivity contribution < 1.29 is 14.0 Å². The van der Waals surface area contributed by atoms with Crippen molar-refractivity contribution in [2.24, 2.45) is 0 Å². The Morgan fingerprint density at radius 2 is 2.10 bits per heavy atom. The molecule has 0 saturated carbocycles. The predicted octanol–water partition coefficient (Wildman–Crippen LogP) is 2.18. The van der Waals surface area contributed by atoms with E-state index in [2.05, 4.69) is 15.7 Å². The fourth-order valence-corrected chi connectivity index (χ4v) is 1.77. The van der Waals surface area contributed by atoms with Gasteiger partial charge in [-0.05, 0) is 31.2 Å². The third kappa shape index (κ3) is 3.65. The average Bonchev–Trinajstić information content (AvgIpc) is 2.95. The zero-order chi connectivity index (χ0) is 15.4. The number of nitrogens with zero attached hydrogens (tertiary/aromatic N) is 2. The van der Waals surface area contributed by atoms with Gasteiger partial charge in [-0.15, -0.1) is 0 Å². The quantitative estimate of drug-likeness (QED) is 0.906. The number of carbonyl (C=O) groups excluding carboxylic acids is 2. The van der Waals surface area contributed by atoms with E-state index in [1.165, 1.54) is 29.8 Å². The second-order valence-electron chi connectivity index (χ2n) is 4.53. The number of rotatable bonds is 4. The highest BCUT2D eigenvalue weighted by Crippen LogP contribution is 2.21. The van der Waals surface area contributed by atoms with Crippen LogP contribution in [0.25, 0.3) is 0 Å². The molecule has 2 aromatic rings. The van der Waals surface area contributed by atoms with Crippen LogP contribution in [0.2, 0.25) is 0 Å². The highest BCUT2D eigenvalue weighted by molar-refractivity contribution is 5.95. The lowest BCUT2D eigenvalue weighted by molar-refractivity contribution is -0.119. The molecule has 0 spiro atoms. The summed E-state index contributed by atoms with van der Waals surface area (Å²) in [4.78, 5) is 23.1. The molecule has 2 amide bonds. The van der Waals surface area contributed by atoms with Gasteiger partial charge in [0.1, 0.15) is 11.9 Å². The van der Waals surface area contributed by atoms with Gasteiger partial charge < -0.3 is 10.6 Å². The molecule has 0 aliphatic rings. The number of benzene rings is 1. The van der Waals surface area contributed by atoms with Crippen LogP contribution in [0.4, 0.5) is 15.8 Å². The van der Waals surface area contributed by atoms with Crippen molar-refractivity contribution in [3.05, 3.63) is 42.5 Å². The largest absolute Gasteiger partial charge is 0.326 e. The van der Waals surface area contributed by atoms with Crippen molar-refractivity contribution in [1.29, 1.82) is 0 Å². The molecule has 2 rings (SSSR count). The molecule has 0 radical (unpaired) electrons. The summed E-state index contributed by atoms with van der Waals surface area (Å²) in [6, 6.07) is 5.08. The molecule has 110 valence electrons. The Labute approximate surface area is 121 Å². The van der Waals surface area contributed by atoms with Gasteiger partial charge in [0.2, 0.25) is 11.8 Å². The molecule has 1 aromatic carbocycles. The molecule has 0 bridgehead atoms. The van der Waals surface area contributed by atoms with Gasteiger partial charge in [-0.2, -0.15) is 5.10 Å². The van der Waals surface area contributed by atoms with Crippen molar-refractivity contribution in [1.82, 2.24) is 9.78 Å². The van der Waals surface area contributed by atoms with Crippen LogP contribution in [0.3, 0.4) is 0 Å². The van der Waals surface area contributed by atoms with E-state index in [1.54, 1.807) is 25.4 Å². The summed E-state index contributed by atoms with van der Waals surface area (Å²) >= 11 is 0. The van der Waals surface area contributed by atoms with Crippen LogP contribution in [0.5, 0.6) is 0 Å². The molecule has 21 heavy (non-hydrogen) atoms. The summed E-state index contributed by atoms with van der Waals surface area (Å²) < 4.78 is 15.2. The Morgan fingerprint density at radius 3 is 2.71 bits per heavy atom. The first-order valence-corrected chi connectivity index (χ1v) is 6.34. The van der Waals surface area contributed by atoms with Crippen LogP contribution in [0.15, 0.2) is 36.7 Å². The van der Waals surface area contributed by atoms with Gasteiger partial charge in [-0.25, -0.2) is 4.39 Å².